The Hall–Kier alpha value is -1.77. The highest BCUT2D eigenvalue weighted by atomic mass is 32.2. The number of halogens is 3. The molecule has 19 heavy (non-hydrogen) atoms. The monoisotopic (exact) mass is 293 g/mol. The maximum absolute atomic E-state index is 12.3. The van der Waals surface area contributed by atoms with Crippen LogP contribution in [0.25, 0.3) is 0 Å². The second-order valence-electron chi connectivity index (χ2n) is 3.50. The Morgan fingerprint density at radius 1 is 1.42 bits per heavy atom. The molecule has 5 nitrogen and oxygen atoms in total. The number of thioether (sulfide) groups is 1. The van der Waals surface area contributed by atoms with Gasteiger partial charge in [-0.2, -0.15) is 13.2 Å². The number of nitrogens with zero attached hydrogens (tertiary/aromatic N) is 1. The van der Waals surface area contributed by atoms with Gasteiger partial charge in [-0.1, -0.05) is 11.8 Å². The number of aromatic nitrogens is 1. The molecule has 1 heterocycles. The van der Waals surface area contributed by atoms with Gasteiger partial charge in [-0.15, -0.1) is 0 Å². The number of pyridine rings is 1. The summed E-state index contributed by atoms with van der Waals surface area (Å²) >= 11 is 0.915. The van der Waals surface area contributed by atoms with Crippen LogP contribution in [-0.2, 0) is 11.0 Å². The molecule has 0 aromatic carbocycles. The topological polar surface area (TPSA) is 85.1 Å². The van der Waals surface area contributed by atoms with Crippen LogP contribution in [0, 0.1) is 0 Å². The van der Waals surface area contributed by atoms with Crippen molar-refractivity contribution < 1.29 is 22.8 Å². The normalized spacial score (nSPS) is 12.8. The van der Waals surface area contributed by atoms with Gasteiger partial charge in [-0.3, -0.25) is 10.1 Å². The molecule has 0 aliphatic rings. The van der Waals surface area contributed by atoms with Crippen LogP contribution in [0.5, 0.6) is 0 Å². The predicted molar refractivity (Wildman–Crippen MR) is 62.3 cm³/mol. The summed E-state index contributed by atoms with van der Waals surface area (Å²) in [4.78, 5) is 25.4. The molecule has 0 saturated heterocycles. The first-order valence-electron chi connectivity index (χ1n) is 5.00. The third-order valence-corrected chi connectivity index (χ3v) is 3.03. The van der Waals surface area contributed by atoms with Crippen molar-refractivity contribution >= 4 is 23.7 Å². The SMILES string of the molecule is CC(Sc1ccc(C(F)(F)F)cn1)C(=O)NC(N)=O. The molecule has 3 amide bonds. The molecule has 1 atom stereocenters. The molecule has 0 spiro atoms. The van der Waals surface area contributed by atoms with E-state index in [1.165, 1.54) is 6.92 Å². The molecule has 0 fully saturated rings. The van der Waals surface area contributed by atoms with Crippen molar-refractivity contribution in [3.05, 3.63) is 23.9 Å². The van der Waals surface area contributed by atoms with Gasteiger partial charge in [0.15, 0.2) is 0 Å². The van der Waals surface area contributed by atoms with E-state index in [1.54, 1.807) is 0 Å². The van der Waals surface area contributed by atoms with Crippen LogP contribution in [-0.4, -0.2) is 22.2 Å². The molecule has 1 aromatic heterocycles. The second-order valence-corrected chi connectivity index (χ2v) is 4.86. The Balaban J connectivity index is 2.68. The van der Waals surface area contributed by atoms with Crippen LogP contribution in [0.3, 0.4) is 0 Å². The molecule has 0 aliphatic carbocycles. The molecule has 1 aromatic rings. The largest absolute Gasteiger partial charge is 0.417 e. The number of primary amides is 1. The smallest absolute Gasteiger partial charge is 0.351 e. The van der Waals surface area contributed by atoms with Crippen LogP contribution >= 0.6 is 11.8 Å². The zero-order chi connectivity index (χ0) is 14.6. The van der Waals surface area contributed by atoms with Gasteiger partial charge in [0.05, 0.1) is 15.8 Å². The number of hydrogen-bond acceptors (Lipinski definition) is 4. The maximum atomic E-state index is 12.3. The first-order valence-corrected chi connectivity index (χ1v) is 5.88. The van der Waals surface area contributed by atoms with Crippen molar-refractivity contribution in [2.24, 2.45) is 5.73 Å². The summed E-state index contributed by atoms with van der Waals surface area (Å²) < 4.78 is 36.9. The number of rotatable bonds is 3. The van der Waals surface area contributed by atoms with E-state index in [1.807, 2.05) is 5.32 Å². The molecule has 104 valence electrons. The Morgan fingerprint density at radius 3 is 2.47 bits per heavy atom. The van der Waals surface area contributed by atoms with Gasteiger partial charge in [-0.05, 0) is 19.1 Å². The number of urea groups is 1. The van der Waals surface area contributed by atoms with Gasteiger partial charge in [0, 0.05) is 6.20 Å². The quantitative estimate of drug-likeness (QED) is 0.832. The number of imide groups is 1. The van der Waals surface area contributed by atoms with Crippen LogP contribution in [0.1, 0.15) is 12.5 Å². The van der Waals surface area contributed by atoms with Crippen molar-refractivity contribution in [1.29, 1.82) is 0 Å². The number of carbonyl (C=O) groups is 2. The van der Waals surface area contributed by atoms with Crippen molar-refractivity contribution in [2.75, 3.05) is 0 Å². The molecule has 1 unspecified atom stereocenters. The lowest BCUT2D eigenvalue weighted by Crippen LogP contribution is -2.39. The highest BCUT2D eigenvalue weighted by molar-refractivity contribution is 8.00. The highest BCUT2D eigenvalue weighted by Crippen LogP contribution is 2.30. The Bertz CT molecular complexity index is 476. The Kier molecular flexibility index (Phi) is 4.76. The minimum atomic E-state index is -4.45. The van der Waals surface area contributed by atoms with Gasteiger partial charge in [0.25, 0.3) is 0 Å². The Morgan fingerprint density at radius 2 is 2.05 bits per heavy atom. The van der Waals surface area contributed by atoms with E-state index < -0.39 is 28.9 Å². The molecule has 3 N–H and O–H groups in total. The summed E-state index contributed by atoms with van der Waals surface area (Å²) in [6, 6.07) is 1.04. The number of nitrogens with one attached hydrogen (secondary N) is 1. The fourth-order valence-electron chi connectivity index (χ4n) is 1.08. The number of alkyl halides is 3. The zero-order valence-corrected chi connectivity index (χ0v) is 10.5. The van der Waals surface area contributed by atoms with Crippen molar-refractivity contribution in [3.63, 3.8) is 0 Å². The van der Waals surface area contributed by atoms with Gasteiger partial charge in [-0.25, -0.2) is 9.78 Å². The van der Waals surface area contributed by atoms with Crippen LogP contribution in [0.4, 0.5) is 18.0 Å². The van der Waals surface area contributed by atoms with Gasteiger partial charge in [0.1, 0.15) is 0 Å². The number of carbonyl (C=O) groups excluding carboxylic acids is 2. The van der Waals surface area contributed by atoms with Crippen molar-refractivity contribution in [3.8, 4) is 0 Å². The maximum Gasteiger partial charge on any atom is 0.417 e. The number of amides is 3. The minimum Gasteiger partial charge on any atom is -0.351 e. The van der Waals surface area contributed by atoms with E-state index in [4.69, 9.17) is 5.73 Å². The number of hydrogen-bond donors (Lipinski definition) is 2. The second kappa shape index (κ2) is 5.91. The summed E-state index contributed by atoms with van der Waals surface area (Å²) in [5.41, 5.74) is 3.90. The summed E-state index contributed by atoms with van der Waals surface area (Å²) in [6.45, 7) is 1.47. The molecule has 0 saturated carbocycles. The minimum absolute atomic E-state index is 0.236. The van der Waals surface area contributed by atoms with Crippen LogP contribution < -0.4 is 11.1 Å². The predicted octanol–water partition coefficient (Wildman–Crippen LogP) is 1.78. The lowest BCUT2D eigenvalue weighted by atomic mass is 10.3. The van der Waals surface area contributed by atoms with Gasteiger partial charge < -0.3 is 5.73 Å². The summed E-state index contributed by atoms with van der Waals surface area (Å²) in [6.07, 6.45) is -3.77. The fourth-order valence-corrected chi connectivity index (χ4v) is 1.86. The first kappa shape index (κ1) is 15.3. The van der Waals surface area contributed by atoms with Crippen molar-refractivity contribution in [2.45, 2.75) is 23.4 Å². The third kappa shape index (κ3) is 4.78. The lowest BCUT2D eigenvalue weighted by molar-refractivity contribution is -0.137. The average molecular weight is 293 g/mol. The number of nitrogens with two attached hydrogens (primary N) is 1. The summed E-state index contributed by atoms with van der Waals surface area (Å²) in [7, 11) is 0. The highest BCUT2D eigenvalue weighted by Gasteiger charge is 2.30. The fraction of sp³-hybridized carbons (Fsp3) is 0.300. The molecular formula is C10H10F3N3O2S. The standard InChI is InChI=1S/C10H10F3N3O2S/c1-5(8(17)16-9(14)18)19-7-3-2-6(4-15-7)10(11,12)13/h2-5H,1H3,(H3,14,16,17,18). The molecule has 1 rings (SSSR count). The molecule has 0 aliphatic heterocycles. The first-order chi connectivity index (χ1) is 8.70. The van der Waals surface area contributed by atoms with E-state index in [0.717, 1.165) is 23.9 Å². The lowest BCUT2D eigenvalue weighted by Gasteiger charge is -2.10. The van der Waals surface area contributed by atoms with Crippen LogP contribution in [0.15, 0.2) is 23.4 Å². The van der Waals surface area contributed by atoms with E-state index in [-0.39, 0.29) is 5.03 Å². The van der Waals surface area contributed by atoms with Crippen LogP contribution in [0.2, 0.25) is 0 Å². The molecule has 0 bridgehead atoms. The average Bonchev–Trinajstić information content (AvgIpc) is 2.27. The van der Waals surface area contributed by atoms with E-state index in [2.05, 4.69) is 4.98 Å². The van der Waals surface area contributed by atoms with Crippen molar-refractivity contribution in [1.82, 2.24) is 10.3 Å². The van der Waals surface area contributed by atoms with E-state index in [9.17, 15) is 22.8 Å². The molecular weight excluding hydrogens is 283 g/mol. The molecule has 0 radical (unpaired) electrons. The zero-order valence-electron chi connectivity index (χ0n) is 9.69. The summed E-state index contributed by atoms with van der Waals surface area (Å²) in [5, 5.41) is 1.39. The van der Waals surface area contributed by atoms with Gasteiger partial charge in [0.2, 0.25) is 5.91 Å². The Labute approximate surface area is 110 Å². The third-order valence-electron chi connectivity index (χ3n) is 1.98. The van der Waals surface area contributed by atoms with E-state index in [0.29, 0.717) is 6.20 Å². The van der Waals surface area contributed by atoms with E-state index >= 15 is 0 Å². The van der Waals surface area contributed by atoms with Gasteiger partial charge >= 0.3 is 12.2 Å². The molecule has 9 heteroatoms. The summed E-state index contributed by atoms with van der Waals surface area (Å²) in [5.74, 6) is -0.640.